The highest BCUT2D eigenvalue weighted by Crippen LogP contribution is 2.37. The predicted molar refractivity (Wildman–Crippen MR) is 91.4 cm³/mol. The van der Waals surface area contributed by atoms with E-state index >= 15 is 0 Å². The van der Waals surface area contributed by atoms with Gasteiger partial charge in [0.1, 0.15) is 5.56 Å². The Bertz CT molecular complexity index is 791. The number of carbonyl (C=O) groups is 1. The summed E-state index contributed by atoms with van der Waals surface area (Å²) in [7, 11) is 0. The maximum absolute atomic E-state index is 12.6. The van der Waals surface area contributed by atoms with E-state index < -0.39 is 5.97 Å². The number of halogens is 1. The van der Waals surface area contributed by atoms with Crippen molar-refractivity contribution >= 4 is 28.5 Å². The van der Waals surface area contributed by atoms with Gasteiger partial charge in [-0.1, -0.05) is 30.9 Å². The molecule has 0 atom stereocenters. The van der Waals surface area contributed by atoms with E-state index in [2.05, 4.69) is 4.98 Å². The van der Waals surface area contributed by atoms with Crippen molar-refractivity contribution < 1.29 is 9.53 Å². The summed E-state index contributed by atoms with van der Waals surface area (Å²) in [5.74, 6) is -0.198. The fourth-order valence-electron chi connectivity index (χ4n) is 3.34. The monoisotopic (exact) mass is 333 g/mol. The third-order valence-corrected chi connectivity index (χ3v) is 4.87. The first-order chi connectivity index (χ1) is 11.1. The molecule has 0 spiro atoms. The van der Waals surface area contributed by atoms with E-state index in [1.54, 1.807) is 13.0 Å². The van der Waals surface area contributed by atoms with E-state index in [1.165, 1.54) is 25.5 Å². The molecule has 5 heteroatoms. The molecule has 1 aromatic heterocycles. The number of benzene rings is 1. The van der Waals surface area contributed by atoms with Crippen LogP contribution in [0.2, 0.25) is 5.02 Å². The number of pyridine rings is 1. The molecule has 1 saturated carbocycles. The van der Waals surface area contributed by atoms with E-state index in [0.29, 0.717) is 21.8 Å². The third kappa shape index (κ3) is 3.13. The Kier molecular flexibility index (Phi) is 4.71. The summed E-state index contributed by atoms with van der Waals surface area (Å²) < 4.78 is 4.94. The predicted octanol–water partition coefficient (Wildman–Crippen LogP) is 4.41. The van der Waals surface area contributed by atoms with Gasteiger partial charge in [0.05, 0.1) is 12.1 Å². The van der Waals surface area contributed by atoms with Crippen molar-refractivity contribution in [1.82, 2.24) is 4.98 Å². The van der Waals surface area contributed by atoms with E-state index in [1.807, 2.05) is 6.07 Å². The SMILES string of the molecule is CCOC(=O)c1c[nH]c2cc(Cl)c(C3CCCCC3)cc2c1=O. The standard InChI is InChI=1S/C18H20ClNO3/c1-2-23-18(22)14-10-20-16-9-15(19)12(8-13(16)17(14)21)11-6-4-3-5-7-11/h8-11H,2-7H2,1H3,(H,20,21). The lowest BCUT2D eigenvalue weighted by atomic mass is 9.83. The van der Waals surface area contributed by atoms with Crippen LogP contribution >= 0.6 is 11.6 Å². The van der Waals surface area contributed by atoms with Gasteiger partial charge in [0.25, 0.3) is 0 Å². The molecule has 1 aromatic carbocycles. The third-order valence-electron chi connectivity index (χ3n) is 4.54. The molecule has 0 bridgehead atoms. The summed E-state index contributed by atoms with van der Waals surface area (Å²) in [6.45, 7) is 1.96. The Morgan fingerprint density at radius 3 is 2.74 bits per heavy atom. The maximum Gasteiger partial charge on any atom is 0.343 e. The lowest BCUT2D eigenvalue weighted by Crippen LogP contribution is -2.18. The minimum Gasteiger partial charge on any atom is -0.462 e. The molecule has 2 aromatic rings. The minimum absolute atomic E-state index is 0.0382. The van der Waals surface area contributed by atoms with Crippen LogP contribution in [-0.4, -0.2) is 17.6 Å². The van der Waals surface area contributed by atoms with Crippen molar-refractivity contribution in [3.8, 4) is 0 Å². The molecule has 0 unspecified atom stereocenters. The van der Waals surface area contributed by atoms with Gasteiger partial charge in [0.2, 0.25) is 5.43 Å². The van der Waals surface area contributed by atoms with Gasteiger partial charge in [0, 0.05) is 16.6 Å². The highest BCUT2D eigenvalue weighted by Gasteiger charge is 2.21. The Labute approximate surface area is 139 Å². The second kappa shape index (κ2) is 6.75. The summed E-state index contributed by atoms with van der Waals surface area (Å²) in [5, 5.41) is 1.18. The van der Waals surface area contributed by atoms with Crippen molar-refractivity contribution in [1.29, 1.82) is 0 Å². The minimum atomic E-state index is -0.593. The van der Waals surface area contributed by atoms with E-state index in [0.717, 1.165) is 18.4 Å². The first kappa shape index (κ1) is 16.1. The largest absolute Gasteiger partial charge is 0.462 e. The lowest BCUT2D eigenvalue weighted by Gasteiger charge is -2.23. The van der Waals surface area contributed by atoms with E-state index in [4.69, 9.17) is 16.3 Å². The lowest BCUT2D eigenvalue weighted by molar-refractivity contribution is 0.0524. The number of hydrogen-bond donors (Lipinski definition) is 1. The molecular weight excluding hydrogens is 314 g/mol. The smallest absolute Gasteiger partial charge is 0.343 e. The van der Waals surface area contributed by atoms with Crippen LogP contribution in [0.25, 0.3) is 10.9 Å². The normalized spacial score (nSPS) is 15.7. The second-order valence-corrected chi connectivity index (χ2v) is 6.41. The molecule has 0 amide bonds. The van der Waals surface area contributed by atoms with Crippen molar-refractivity contribution in [2.75, 3.05) is 6.61 Å². The van der Waals surface area contributed by atoms with Crippen LogP contribution in [0.3, 0.4) is 0 Å². The molecule has 4 nitrogen and oxygen atoms in total. The Morgan fingerprint density at radius 1 is 1.30 bits per heavy atom. The van der Waals surface area contributed by atoms with Gasteiger partial charge in [-0.05, 0) is 43.4 Å². The zero-order valence-corrected chi connectivity index (χ0v) is 13.9. The van der Waals surface area contributed by atoms with Crippen LogP contribution in [0.1, 0.15) is 60.9 Å². The number of ether oxygens (including phenoxy) is 1. The Morgan fingerprint density at radius 2 is 2.04 bits per heavy atom. The maximum atomic E-state index is 12.6. The molecule has 0 radical (unpaired) electrons. The summed E-state index contributed by atoms with van der Waals surface area (Å²) in [6.07, 6.45) is 7.24. The molecule has 3 rings (SSSR count). The number of esters is 1. The van der Waals surface area contributed by atoms with Crippen LogP contribution in [0, 0.1) is 0 Å². The number of hydrogen-bond acceptors (Lipinski definition) is 3. The number of carbonyl (C=O) groups excluding carboxylic acids is 1. The van der Waals surface area contributed by atoms with Crippen LogP contribution in [-0.2, 0) is 4.74 Å². The molecule has 1 heterocycles. The number of rotatable bonds is 3. The van der Waals surface area contributed by atoms with Crippen LogP contribution in [0.4, 0.5) is 0 Å². The summed E-state index contributed by atoms with van der Waals surface area (Å²) in [5.41, 5.74) is 1.40. The van der Waals surface area contributed by atoms with E-state index in [9.17, 15) is 9.59 Å². The van der Waals surface area contributed by atoms with Gasteiger partial charge in [-0.15, -0.1) is 0 Å². The first-order valence-corrected chi connectivity index (χ1v) is 8.51. The second-order valence-electron chi connectivity index (χ2n) is 6.01. The van der Waals surface area contributed by atoms with Crippen molar-refractivity contribution in [2.45, 2.75) is 44.9 Å². The molecular formula is C18H20ClNO3. The molecule has 0 aliphatic heterocycles. The van der Waals surface area contributed by atoms with Crippen molar-refractivity contribution in [3.05, 3.63) is 44.7 Å². The summed E-state index contributed by atoms with van der Waals surface area (Å²) in [6, 6.07) is 3.65. The van der Waals surface area contributed by atoms with Gasteiger partial charge in [-0.3, -0.25) is 4.79 Å². The van der Waals surface area contributed by atoms with E-state index in [-0.39, 0.29) is 17.6 Å². The van der Waals surface area contributed by atoms with Crippen LogP contribution in [0.5, 0.6) is 0 Å². The Balaban J connectivity index is 2.10. The number of fused-ring (bicyclic) bond motifs is 1. The average Bonchev–Trinajstić information content (AvgIpc) is 2.55. The topological polar surface area (TPSA) is 59.2 Å². The highest BCUT2D eigenvalue weighted by molar-refractivity contribution is 6.32. The van der Waals surface area contributed by atoms with Gasteiger partial charge in [-0.25, -0.2) is 4.79 Å². The highest BCUT2D eigenvalue weighted by atomic mass is 35.5. The molecule has 0 saturated heterocycles. The molecule has 1 fully saturated rings. The molecule has 1 aliphatic rings. The summed E-state index contributed by atoms with van der Waals surface area (Å²) in [4.78, 5) is 27.5. The molecule has 23 heavy (non-hydrogen) atoms. The fourth-order valence-corrected chi connectivity index (χ4v) is 3.66. The molecule has 1 N–H and O–H groups in total. The number of aromatic nitrogens is 1. The van der Waals surface area contributed by atoms with Gasteiger partial charge in [0.15, 0.2) is 0 Å². The van der Waals surface area contributed by atoms with Crippen molar-refractivity contribution in [2.24, 2.45) is 0 Å². The Hall–Kier alpha value is -1.81. The van der Waals surface area contributed by atoms with Crippen LogP contribution in [0.15, 0.2) is 23.1 Å². The first-order valence-electron chi connectivity index (χ1n) is 8.13. The zero-order chi connectivity index (χ0) is 16.4. The van der Waals surface area contributed by atoms with Gasteiger partial charge >= 0.3 is 5.97 Å². The van der Waals surface area contributed by atoms with Gasteiger partial charge in [-0.2, -0.15) is 0 Å². The molecule has 1 aliphatic carbocycles. The van der Waals surface area contributed by atoms with Crippen molar-refractivity contribution in [3.63, 3.8) is 0 Å². The molecule has 122 valence electrons. The quantitative estimate of drug-likeness (QED) is 0.846. The zero-order valence-electron chi connectivity index (χ0n) is 13.2. The summed E-state index contributed by atoms with van der Waals surface area (Å²) >= 11 is 6.43. The van der Waals surface area contributed by atoms with Gasteiger partial charge < -0.3 is 9.72 Å². The number of aromatic amines is 1. The number of H-pyrrole nitrogens is 1. The van der Waals surface area contributed by atoms with Crippen LogP contribution < -0.4 is 5.43 Å². The number of nitrogens with one attached hydrogen (secondary N) is 1. The fraction of sp³-hybridized carbons (Fsp3) is 0.444. The average molecular weight is 334 g/mol.